The zero-order valence-corrected chi connectivity index (χ0v) is 19.8. The first-order valence-electron chi connectivity index (χ1n) is 11.1. The summed E-state index contributed by atoms with van der Waals surface area (Å²) in [6.45, 7) is 0.346. The van der Waals surface area contributed by atoms with E-state index < -0.39 is 17.4 Å². The van der Waals surface area contributed by atoms with Crippen LogP contribution >= 0.6 is 0 Å². The monoisotopic (exact) mass is 480 g/mol. The van der Waals surface area contributed by atoms with Crippen LogP contribution in [0, 0.1) is 0 Å². The number of ether oxygens (including phenoxy) is 2. The van der Waals surface area contributed by atoms with Gasteiger partial charge in [-0.3, -0.25) is 10.0 Å². The van der Waals surface area contributed by atoms with Gasteiger partial charge in [0, 0.05) is 31.3 Å². The number of H-pyrrole nitrogens is 1. The number of piperidine rings is 1. The Kier molecular flexibility index (Phi) is 6.65. The van der Waals surface area contributed by atoms with E-state index in [1.807, 2.05) is 48.5 Å². The molecule has 2 aromatic carbocycles. The van der Waals surface area contributed by atoms with Crippen LogP contribution in [-0.2, 0) is 10.2 Å². The molecular weight excluding hydrogens is 452 g/mol. The Bertz CT molecular complexity index is 1130. The number of nitrogens with one attached hydrogen (secondary N) is 1. The molecule has 1 aliphatic heterocycles. The molecule has 0 bridgehead atoms. The van der Waals surface area contributed by atoms with Gasteiger partial charge in [0.2, 0.25) is 0 Å². The Hall–Kier alpha value is -4.05. The van der Waals surface area contributed by atoms with Gasteiger partial charge in [-0.05, 0) is 61.4 Å². The van der Waals surface area contributed by atoms with Gasteiger partial charge in [0.1, 0.15) is 22.7 Å². The van der Waals surface area contributed by atoms with Crippen LogP contribution in [0.3, 0.4) is 0 Å². The first-order valence-corrected chi connectivity index (χ1v) is 11.1. The number of methoxy groups -OCH3 is 2. The average molecular weight is 481 g/mol. The molecule has 1 fully saturated rings. The summed E-state index contributed by atoms with van der Waals surface area (Å²) in [7, 11) is 4.43. The number of rotatable bonds is 6. The van der Waals surface area contributed by atoms with Gasteiger partial charge in [-0.2, -0.15) is 0 Å². The van der Waals surface area contributed by atoms with Crippen LogP contribution in [-0.4, -0.2) is 76.6 Å². The third kappa shape index (κ3) is 4.52. The molecule has 184 valence electrons. The highest BCUT2D eigenvalue weighted by molar-refractivity contribution is 5.84. The van der Waals surface area contributed by atoms with Crippen molar-refractivity contribution in [2.75, 3.05) is 34.4 Å². The molecule has 1 aromatic heterocycles. The van der Waals surface area contributed by atoms with Gasteiger partial charge in [0.15, 0.2) is 0 Å². The predicted octanol–water partition coefficient (Wildman–Crippen LogP) is 3.62. The minimum atomic E-state index is -1.31. The molecule has 0 saturated carbocycles. The second-order valence-electron chi connectivity index (χ2n) is 8.45. The Morgan fingerprint density at radius 1 is 0.971 bits per heavy atom. The largest absolute Gasteiger partial charge is 0.497 e. The van der Waals surface area contributed by atoms with E-state index in [1.165, 1.54) is 11.9 Å². The smallest absolute Gasteiger partial charge is 0.343 e. The molecule has 1 aliphatic rings. The molecule has 1 saturated heterocycles. The van der Waals surface area contributed by atoms with Crippen molar-refractivity contribution in [1.29, 1.82) is 0 Å². The van der Waals surface area contributed by atoms with Crippen molar-refractivity contribution >= 4 is 12.0 Å². The summed E-state index contributed by atoms with van der Waals surface area (Å²) >= 11 is 0. The number of hydroxylamine groups is 2. The van der Waals surface area contributed by atoms with Crippen molar-refractivity contribution < 1.29 is 29.4 Å². The van der Waals surface area contributed by atoms with Crippen LogP contribution in [0.2, 0.25) is 0 Å². The number of aromatic nitrogens is 2. The molecule has 10 heteroatoms. The van der Waals surface area contributed by atoms with Crippen LogP contribution in [0.1, 0.15) is 18.7 Å². The van der Waals surface area contributed by atoms with Crippen LogP contribution in [0.15, 0.2) is 48.5 Å². The summed E-state index contributed by atoms with van der Waals surface area (Å²) in [4.78, 5) is 34.3. The number of carboxylic acid groups (broad SMARTS) is 1. The molecule has 4 rings (SSSR count). The molecule has 35 heavy (non-hydrogen) atoms. The molecule has 0 spiro atoms. The van der Waals surface area contributed by atoms with Crippen molar-refractivity contribution in [3.8, 4) is 34.0 Å². The summed E-state index contributed by atoms with van der Waals surface area (Å²) < 4.78 is 10.5. The van der Waals surface area contributed by atoms with Gasteiger partial charge in [-0.1, -0.05) is 0 Å². The number of nitrogens with zero attached hydrogens (tertiary/aromatic N) is 3. The number of benzene rings is 2. The maximum atomic E-state index is 12.6. The Balaban J connectivity index is 1.78. The molecule has 0 unspecified atom stereocenters. The van der Waals surface area contributed by atoms with Crippen molar-refractivity contribution in [2.45, 2.75) is 18.3 Å². The standard InChI is InChI=1S/C25H28N4O6/c1-28(33)24(32)29-14-12-25(13-15-29,23(30)31)22-26-20(16-4-8-18(34-2)9-5-16)21(27-22)17-6-10-19(35-3)11-7-17/h4-11,33H,12-15H2,1-3H3,(H,26,27)(H,30,31). The van der Waals surface area contributed by atoms with Crippen LogP contribution in [0.5, 0.6) is 11.5 Å². The fourth-order valence-corrected chi connectivity index (χ4v) is 4.36. The second kappa shape index (κ2) is 9.67. The van der Waals surface area contributed by atoms with Gasteiger partial charge in [0.25, 0.3) is 0 Å². The number of carbonyl (C=O) groups is 2. The Labute approximate surface area is 202 Å². The SMILES string of the molecule is COc1ccc(-c2nc(C3(C(=O)O)CCN(C(=O)N(C)O)CC3)[nH]c2-c2ccc(OC)cc2)cc1. The number of urea groups is 1. The van der Waals surface area contributed by atoms with Gasteiger partial charge in [0.05, 0.1) is 25.6 Å². The van der Waals surface area contributed by atoms with E-state index >= 15 is 0 Å². The molecule has 3 aromatic rings. The van der Waals surface area contributed by atoms with Gasteiger partial charge >= 0.3 is 12.0 Å². The third-order valence-corrected chi connectivity index (χ3v) is 6.47. The fourth-order valence-electron chi connectivity index (χ4n) is 4.36. The van der Waals surface area contributed by atoms with E-state index in [0.717, 1.165) is 11.1 Å². The maximum absolute atomic E-state index is 12.6. The second-order valence-corrected chi connectivity index (χ2v) is 8.45. The van der Waals surface area contributed by atoms with Gasteiger partial charge in [-0.25, -0.2) is 14.8 Å². The molecule has 0 radical (unpaired) electrons. The van der Waals surface area contributed by atoms with Gasteiger partial charge < -0.3 is 24.5 Å². The number of carbonyl (C=O) groups excluding carboxylic acids is 1. The molecule has 2 amide bonds. The predicted molar refractivity (Wildman–Crippen MR) is 128 cm³/mol. The molecule has 2 heterocycles. The van der Waals surface area contributed by atoms with Crippen molar-refractivity contribution in [1.82, 2.24) is 19.9 Å². The Morgan fingerprint density at radius 3 is 1.94 bits per heavy atom. The van der Waals surface area contributed by atoms with E-state index in [2.05, 4.69) is 4.98 Å². The Morgan fingerprint density at radius 2 is 1.49 bits per heavy atom. The average Bonchev–Trinajstić information content (AvgIpc) is 3.34. The number of imidazole rings is 1. The van der Waals surface area contributed by atoms with Crippen LogP contribution in [0.25, 0.3) is 22.5 Å². The van der Waals surface area contributed by atoms with Crippen LogP contribution < -0.4 is 9.47 Å². The zero-order chi connectivity index (χ0) is 25.2. The number of hydrogen-bond acceptors (Lipinski definition) is 6. The number of aliphatic carboxylic acids is 1. The first-order chi connectivity index (χ1) is 16.8. The highest BCUT2D eigenvalue weighted by Gasteiger charge is 2.47. The number of amides is 2. The quantitative estimate of drug-likeness (QED) is 0.363. The minimum Gasteiger partial charge on any atom is -0.497 e. The van der Waals surface area contributed by atoms with Crippen molar-refractivity contribution in [3.05, 3.63) is 54.4 Å². The molecule has 10 nitrogen and oxygen atoms in total. The van der Waals surface area contributed by atoms with Crippen LogP contribution in [0.4, 0.5) is 4.79 Å². The minimum absolute atomic E-state index is 0.152. The third-order valence-electron chi connectivity index (χ3n) is 6.47. The zero-order valence-electron chi connectivity index (χ0n) is 19.8. The number of hydrogen-bond donors (Lipinski definition) is 3. The van der Waals surface area contributed by atoms with E-state index in [9.17, 15) is 19.9 Å². The van der Waals surface area contributed by atoms with E-state index in [4.69, 9.17) is 14.5 Å². The molecular formula is C25H28N4O6. The number of carboxylic acids is 1. The van der Waals surface area contributed by atoms with E-state index in [0.29, 0.717) is 33.8 Å². The summed E-state index contributed by atoms with van der Waals surface area (Å²) in [5.41, 5.74) is 1.61. The number of aromatic amines is 1. The fraction of sp³-hybridized carbons (Fsp3) is 0.320. The summed E-state index contributed by atoms with van der Waals surface area (Å²) in [5.74, 6) is 0.708. The van der Waals surface area contributed by atoms with Gasteiger partial charge in [-0.15, -0.1) is 0 Å². The molecule has 0 atom stereocenters. The lowest BCUT2D eigenvalue weighted by atomic mass is 9.77. The van der Waals surface area contributed by atoms with Crippen molar-refractivity contribution in [3.63, 3.8) is 0 Å². The summed E-state index contributed by atoms with van der Waals surface area (Å²) in [6, 6.07) is 14.3. The highest BCUT2D eigenvalue weighted by atomic mass is 16.5. The lowest BCUT2D eigenvalue weighted by Gasteiger charge is -2.38. The van der Waals surface area contributed by atoms with E-state index in [1.54, 1.807) is 14.2 Å². The summed E-state index contributed by atoms with van der Waals surface area (Å²) in [5, 5.41) is 20.3. The van der Waals surface area contributed by atoms with Crippen molar-refractivity contribution in [2.24, 2.45) is 0 Å². The topological polar surface area (TPSA) is 128 Å². The molecule has 0 aliphatic carbocycles. The highest BCUT2D eigenvalue weighted by Crippen LogP contribution is 2.39. The lowest BCUT2D eigenvalue weighted by Crippen LogP contribution is -2.51. The first kappa shape index (κ1) is 24.1. The normalized spacial score (nSPS) is 14.9. The molecule has 3 N–H and O–H groups in total. The summed E-state index contributed by atoms with van der Waals surface area (Å²) in [6.07, 6.45) is 0.305. The maximum Gasteiger partial charge on any atom is 0.343 e. The van der Waals surface area contributed by atoms with E-state index in [-0.39, 0.29) is 25.9 Å². The lowest BCUT2D eigenvalue weighted by molar-refractivity contribution is -0.146. The number of likely N-dealkylation sites (tertiary alicyclic amines) is 1.